The molecule has 0 aliphatic carbocycles. The van der Waals surface area contributed by atoms with Crippen molar-refractivity contribution in [1.82, 2.24) is 5.32 Å². The molecule has 0 heterocycles. The minimum Gasteiger partial charge on any atom is -0.490 e. The number of hydrogen-bond donors (Lipinski definition) is 1. The summed E-state index contributed by atoms with van der Waals surface area (Å²) < 4.78 is 24.6. The largest absolute Gasteiger partial charge is 0.490 e. The molecular formula is C19H22FNO3. The second-order valence-electron chi connectivity index (χ2n) is 5.19. The first-order chi connectivity index (χ1) is 11.6. The summed E-state index contributed by atoms with van der Waals surface area (Å²) >= 11 is 0. The van der Waals surface area contributed by atoms with Crippen LogP contribution in [0.1, 0.15) is 25.0 Å². The number of hydrogen-bond acceptors (Lipinski definition) is 3. The van der Waals surface area contributed by atoms with Gasteiger partial charge in [-0.25, -0.2) is 4.39 Å². The zero-order valence-corrected chi connectivity index (χ0v) is 14.0. The van der Waals surface area contributed by atoms with Crippen LogP contribution in [0.2, 0.25) is 0 Å². The van der Waals surface area contributed by atoms with Crippen molar-refractivity contribution in [3.63, 3.8) is 0 Å². The fraction of sp³-hybridized carbons (Fsp3) is 0.316. The van der Waals surface area contributed by atoms with Crippen LogP contribution >= 0.6 is 0 Å². The molecule has 128 valence electrons. The third-order valence-electron chi connectivity index (χ3n) is 3.41. The average Bonchev–Trinajstić information content (AvgIpc) is 2.57. The molecule has 0 unspecified atom stereocenters. The Morgan fingerprint density at radius 1 is 1.04 bits per heavy atom. The van der Waals surface area contributed by atoms with Crippen LogP contribution in [0.25, 0.3) is 0 Å². The van der Waals surface area contributed by atoms with Gasteiger partial charge < -0.3 is 14.8 Å². The van der Waals surface area contributed by atoms with Crippen LogP contribution < -0.4 is 14.8 Å². The van der Waals surface area contributed by atoms with E-state index in [2.05, 4.69) is 5.32 Å². The van der Waals surface area contributed by atoms with Crippen molar-refractivity contribution in [2.45, 2.75) is 26.8 Å². The number of nitrogens with one attached hydrogen (secondary N) is 1. The van der Waals surface area contributed by atoms with Gasteiger partial charge >= 0.3 is 0 Å². The van der Waals surface area contributed by atoms with E-state index in [0.29, 0.717) is 36.8 Å². The van der Waals surface area contributed by atoms with E-state index in [9.17, 15) is 9.18 Å². The molecule has 0 bridgehead atoms. The van der Waals surface area contributed by atoms with Gasteiger partial charge in [-0.2, -0.15) is 0 Å². The molecule has 0 saturated heterocycles. The minimum absolute atomic E-state index is 0.0159. The molecule has 0 aliphatic rings. The summed E-state index contributed by atoms with van der Waals surface area (Å²) in [6.07, 6.45) is 0.0159. The Labute approximate surface area is 141 Å². The summed E-state index contributed by atoms with van der Waals surface area (Å²) in [7, 11) is 0. The monoisotopic (exact) mass is 331 g/mol. The van der Waals surface area contributed by atoms with Crippen molar-refractivity contribution in [1.29, 1.82) is 0 Å². The van der Waals surface area contributed by atoms with E-state index >= 15 is 0 Å². The lowest BCUT2D eigenvalue weighted by molar-refractivity contribution is -0.120. The highest BCUT2D eigenvalue weighted by Gasteiger charge is 2.09. The van der Waals surface area contributed by atoms with Crippen LogP contribution in [-0.2, 0) is 17.8 Å². The first kappa shape index (κ1) is 17.8. The molecule has 0 atom stereocenters. The fourth-order valence-corrected chi connectivity index (χ4v) is 2.28. The molecule has 1 amide bonds. The van der Waals surface area contributed by atoms with E-state index in [0.717, 1.165) is 5.56 Å². The van der Waals surface area contributed by atoms with Gasteiger partial charge in [-0.15, -0.1) is 0 Å². The van der Waals surface area contributed by atoms with Crippen molar-refractivity contribution in [2.75, 3.05) is 13.2 Å². The maximum absolute atomic E-state index is 13.6. The van der Waals surface area contributed by atoms with E-state index in [4.69, 9.17) is 9.47 Å². The first-order valence-electron chi connectivity index (χ1n) is 8.02. The van der Waals surface area contributed by atoms with Gasteiger partial charge in [0.05, 0.1) is 19.6 Å². The molecule has 24 heavy (non-hydrogen) atoms. The molecule has 5 heteroatoms. The van der Waals surface area contributed by atoms with Gasteiger partial charge in [-0.1, -0.05) is 24.3 Å². The number of rotatable bonds is 8. The maximum Gasteiger partial charge on any atom is 0.224 e. The second kappa shape index (κ2) is 8.91. The van der Waals surface area contributed by atoms with Gasteiger partial charge in [-0.3, -0.25) is 4.79 Å². The zero-order chi connectivity index (χ0) is 17.4. The fourth-order valence-electron chi connectivity index (χ4n) is 2.28. The predicted octanol–water partition coefficient (Wildman–Crippen LogP) is 3.48. The lowest BCUT2D eigenvalue weighted by Crippen LogP contribution is -2.25. The number of carbonyl (C=O) groups is 1. The van der Waals surface area contributed by atoms with Crippen molar-refractivity contribution in [3.8, 4) is 11.5 Å². The van der Waals surface area contributed by atoms with E-state index in [1.165, 1.54) is 6.07 Å². The van der Waals surface area contributed by atoms with Crippen molar-refractivity contribution in [3.05, 3.63) is 59.4 Å². The second-order valence-corrected chi connectivity index (χ2v) is 5.19. The molecule has 0 aromatic heterocycles. The molecule has 0 aliphatic heterocycles. The van der Waals surface area contributed by atoms with Crippen molar-refractivity contribution in [2.24, 2.45) is 0 Å². The number of benzene rings is 2. The van der Waals surface area contributed by atoms with Crippen LogP contribution in [-0.4, -0.2) is 19.1 Å². The highest BCUT2D eigenvalue weighted by molar-refractivity contribution is 5.78. The van der Waals surface area contributed by atoms with Gasteiger partial charge in [-0.05, 0) is 43.2 Å². The van der Waals surface area contributed by atoms with Crippen molar-refractivity contribution >= 4 is 5.91 Å². The summed E-state index contributed by atoms with van der Waals surface area (Å²) in [6, 6.07) is 11.8. The highest BCUT2D eigenvalue weighted by atomic mass is 19.1. The third-order valence-corrected chi connectivity index (χ3v) is 3.41. The Balaban J connectivity index is 1.97. The third kappa shape index (κ3) is 4.98. The SMILES string of the molecule is CCOc1ccc(CNC(=O)Cc2ccccc2F)cc1OCC. The topological polar surface area (TPSA) is 47.6 Å². The standard InChI is InChI=1S/C19H22FNO3/c1-3-23-17-10-9-14(11-18(17)24-4-2)13-21-19(22)12-15-7-5-6-8-16(15)20/h5-11H,3-4,12-13H2,1-2H3,(H,21,22). The Hall–Kier alpha value is -2.56. The van der Waals surface area contributed by atoms with E-state index in [1.54, 1.807) is 18.2 Å². The highest BCUT2D eigenvalue weighted by Crippen LogP contribution is 2.28. The normalized spacial score (nSPS) is 10.3. The average molecular weight is 331 g/mol. The van der Waals surface area contributed by atoms with Crippen molar-refractivity contribution < 1.29 is 18.7 Å². The lowest BCUT2D eigenvalue weighted by Gasteiger charge is -2.13. The molecule has 0 radical (unpaired) electrons. The maximum atomic E-state index is 13.6. The summed E-state index contributed by atoms with van der Waals surface area (Å²) in [5.41, 5.74) is 1.28. The van der Waals surface area contributed by atoms with E-state index in [-0.39, 0.29) is 18.1 Å². The van der Waals surface area contributed by atoms with Gasteiger partial charge in [0.1, 0.15) is 5.82 Å². The molecule has 2 aromatic rings. The number of amides is 1. The number of halogens is 1. The lowest BCUT2D eigenvalue weighted by atomic mass is 10.1. The quantitative estimate of drug-likeness (QED) is 0.805. The molecule has 0 spiro atoms. The number of carbonyl (C=O) groups excluding carboxylic acids is 1. The van der Waals surface area contributed by atoms with Crippen LogP contribution in [0.5, 0.6) is 11.5 Å². The van der Waals surface area contributed by atoms with E-state index in [1.807, 2.05) is 32.0 Å². The van der Waals surface area contributed by atoms with Gasteiger partial charge in [0, 0.05) is 6.54 Å². The Morgan fingerprint density at radius 2 is 1.75 bits per heavy atom. The molecule has 2 aromatic carbocycles. The molecular weight excluding hydrogens is 309 g/mol. The predicted molar refractivity (Wildman–Crippen MR) is 90.7 cm³/mol. The van der Waals surface area contributed by atoms with E-state index < -0.39 is 0 Å². The first-order valence-corrected chi connectivity index (χ1v) is 8.02. The molecule has 2 rings (SSSR count). The van der Waals surface area contributed by atoms with Gasteiger partial charge in [0.15, 0.2) is 11.5 Å². The van der Waals surface area contributed by atoms with Crippen LogP contribution in [0.4, 0.5) is 4.39 Å². The summed E-state index contributed by atoms with van der Waals surface area (Å²) in [4.78, 5) is 12.0. The molecule has 4 nitrogen and oxygen atoms in total. The molecule has 1 N–H and O–H groups in total. The summed E-state index contributed by atoms with van der Waals surface area (Å²) in [6.45, 7) is 5.24. The molecule has 0 saturated carbocycles. The zero-order valence-electron chi connectivity index (χ0n) is 14.0. The smallest absolute Gasteiger partial charge is 0.224 e. The van der Waals surface area contributed by atoms with Gasteiger partial charge in [0.2, 0.25) is 5.91 Å². The van der Waals surface area contributed by atoms with Crippen LogP contribution in [0.3, 0.4) is 0 Å². The summed E-state index contributed by atoms with van der Waals surface area (Å²) in [5.74, 6) is 0.736. The Kier molecular flexibility index (Phi) is 6.61. The minimum atomic E-state index is -0.368. The van der Waals surface area contributed by atoms with Crippen LogP contribution in [0.15, 0.2) is 42.5 Å². The summed E-state index contributed by atoms with van der Waals surface area (Å²) in [5, 5.41) is 2.79. The number of ether oxygens (including phenoxy) is 2. The Bertz CT molecular complexity index is 688. The van der Waals surface area contributed by atoms with Crippen LogP contribution in [0, 0.1) is 5.82 Å². The van der Waals surface area contributed by atoms with Gasteiger partial charge in [0.25, 0.3) is 0 Å². The Morgan fingerprint density at radius 3 is 2.46 bits per heavy atom. The molecule has 0 fully saturated rings.